The first-order valence-corrected chi connectivity index (χ1v) is 10.0. The molecule has 0 spiro atoms. The number of nitrogens with one attached hydrogen (secondary N) is 1. The molecule has 4 heteroatoms. The van der Waals surface area contributed by atoms with Crippen LogP contribution in [0.3, 0.4) is 0 Å². The zero-order chi connectivity index (χ0) is 19.1. The Hall–Kier alpha value is -2.17. The highest BCUT2D eigenvalue weighted by atomic mass is 16.1. The summed E-state index contributed by atoms with van der Waals surface area (Å²) in [5.74, 6) is 0.0267. The lowest BCUT2D eigenvalue weighted by Gasteiger charge is -2.34. The summed E-state index contributed by atoms with van der Waals surface area (Å²) in [5.41, 5.74) is 3.35. The largest absolute Gasteiger partial charge is 0.350 e. The second-order valence-electron chi connectivity index (χ2n) is 7.52. The van der Waals surface area contributed by atoms with Crippen molar-refractivity contribution < 1.29 is 4.79 Å². The summed E-state index contributed by atoms with van der Waals surface area (Å²) in [6.07, 6.45) is 0.943. The highest BCUT2D eigenvalue weighted by molar-refractivity contribution is 5.94. The average molecular weight is 366 g/mol. The van der Waals surface area contributed by atoms with Crippen molar-refractivity contribution in [3.05, 3.63) is 71.3 Å². The van der Waals surface area contributed by atoms with E-state index in [1.165, 1.54) is 11.1 Å². The maximum atomic E-state index is 12.3. The molecule has 1 fully saturated rings. The fourth-order valence-corrected chi connectivity index (χ4v) is 3.43. The van der Waals surface area contributed by atoms with Gasteiger partial charge in [0.1, 0.15) is 0 Å². The van der Waals surface area contributed by atoms with E-state index >= 15 is 0 Å². The molecule has 0 aromatic heterocycles. The summed E-state index contributed by atoms with van der Waals surface area (Å²) < 4.78 is 0. The summed E-state index contributed by atoms with van der Waals surface area (Å²) in [6.45, 7) is 10.4. The van der Waals surface area contributed by atoms with Crippen LogP contribution in [0.2, 0.25) is 0 Å². The Labute approximate surface area is 163 Å². The van der Waals surface area contributed by atoms with Crippen LogP contribution in [0.1, 0.15) is 41.8 Å². The molecule has 1 unspecified atom stereocenters. The molecular weight excluding hydrogens is 334 g/mol. The Morgan fingerprint density at radius 2 is 1.52 bits per heavy atom. The SMILES string of the molecule is CCC(C)NC(=O)c1cccc(CN2CCN(Cc3ccccc3)CC2)c1. The predicted octanol–water partition coefficient (Wildman–Crippen LogP) is 3.53. The van der Waals surface area contributed by atoms with Crippen molar-refractivity contribution in [2.45, 2.75) is 39.4 Å². The normalized spacial score (nSPS) is 16.8. The van der Waals surface area contributed by atoms with Gasteiger partial charge in [-0.05, 0) is 36.6 Å². The van der Waals surface area contributed by atoms with Crippen LogP contribution in [-0.2, 0) is 13.1 Å². The summed E-state index contributed by atoms with van der Waals surface area (Å²) in [5, 5.41) is 3.05. The van der Waals surface area contributed by atoms with Gasteiger partial charge in [0, 0.05) is 50.9 Å². The quantitative estimate of drug-likeness (QED) is 0.815. The van der Waals surface area contributed by atoms with E-state index < -0.39 is 0 Å². The van der Waals surface area contributed by atoms with Crippen molar-refractivity contribution in [3.63, 3.8) is 0 Å². The molecule has 1 saturated heterocycles. The van der Waals surface area contributed by atoms with E-state index in [-0.39, 0.29) is 11.9 Å². The summed E-state index contributed by atoms with van der Waals surface area (Å²) >= 11 is 0. The van der Waals surface area contributed by atoms with E-state index in [2.05, 4.69) is 58.4 Å². The predicted molar refractivity (Wildman–Crippen MR) is 111 cm³/mol. The minimum atomic E-state index is 0.0267. The Kier molecular flexibility index (Phi) is 7.02. The third kappa shape index (κ3) is 5.91. The lowest BCUT2D eigenvalue weighted by Crippen LogP contribution is -2.45. The molecule has 27 heavy (non-hydrogen) atoms. The van der Waals surface area contributed by atoms with Crippen molar-refractivity contribution >= 4 is 5.91 Å². The van der Waals surface area contributed by atoms with Crippen molar-refractivity contribution in [3.8, 4) is 0 Å². The van der Waals surface area contributed by atoms with Gasteiger partial charge in [-0.3, -0.25) is 14.6 Å². The van der Waals surface area contributed by atoms with E-state index in [4.69, 9.17) is 0 Å². The smallest absolute Gasteiger partial charge is 0.251 e. The number of benzene rings is 2. The van der Waals surface area contributed by atoms with Gasteiger partial charge < -0.3 is 5.32 Å². The molecule has 1 aliphatic rings. The molecule has 1 amide bonds. The number of hydrogen-bond acceptors (Lipinski definition) is 3. The van der Waals surface area contributed by atoms with Crippen LogP contribution in [-0.4, -0.2) is 47.9 Å². The lowest BCUT2D eigenvalue weighted by molar-refractivity contribution is 0.0939. The molecule has 0 bridgehead atoms. The number of amides is 1. The molecule has 144 valence electrons. The number of carbonyl (C=O) groups is 1. The third-order valence-electron chi connectivity index (χ3n) is 5.30. The molecule has 4 nitrogen and oxygen atoms in total. The molecule has 1 aliphatic heterocycles. The number of rotatable bonds is 7. The van der Waals surface area contributed by atoms with Crippen molar-refractivity contribution in [1.82, 2.24) is 15.1 Å². The van der Waals surface area contributed by atoms with Crippen LogP contribution < -0.4 is 5.32 Å². The highest BCUT2D eigenvalue weighted by Gasteiger charge is 2.17. The van der Waals surface area contributed by atoms with Gasteiger partial charge in [-0.1, -0.05) is 49.4 Å². The summed E-state index contributed by atoms with van der Waals surface area (Å²) in [7, 11) is 0. The number of carbonyl (C=O) groups excluding carboxylic acids is 1. The molecule has 1 N–H and O–H groups in total. The van der Waals surface area contributed by atoms with E-state index in [0.717, 1.165) is 51.3 Å². The van der Waals surface area contributed by atoms with Gasteiger partial charge >= 0.3 is 0 Å². The maximum absolute atomic E-state index is 12.3. The zero-order valence-electron chi connectivity index (χ0n) is 16.5. The fourth-order valence-electron chi connectivity index (χ4n) is 3.43. The van der Waals surface area contributed by atoms with Crippen LogP contribution in [0.25, 0.3) is 0 Å². The number of hydrogen-bond donors (Lipinski definition) is 1. The molecule has 0 radical (unpaired) electrons. The van der Waals surface area contributed by atoms with Crippen LogP contribution in [0, 0.1) is 0 Å². The number of nitrogens with zero attached hydrogens (tertiary/aromatic N) is 2. The van der Waals surface area contributed by atoms with E-state index in [9.17, 15) is 4.79 Å². The van der Waals surface area contributed by atoms with Gasteiger partial charge in [0.05, 0.1) is 0 Å². The fraction of sp³-hybridized carbons (Fsp3) is 0.435. The molecular formula is C23H31N3O. The first-order valence-electron chi connectivity index (χ1n) is 10.0. The van der Waals surface area contributed by atoms with Gasteiger partial charge in [-0.2, -0.15) is 0 Å². The molecule has 1 atom stereocenters. The Balaban J connectivity index is 1.50. The Morgan fingerprint density at radius 1 is 0.926 bits per heavy atom. The standard InChI is InChI=1S/C23H31N3O/c1-3-19(2)24-23(27)22-11-7-10-21(16-22)18-26-14-12-25(13-15-26)17-20-8-5-4-6-9-20/h4-11,16,19H,3,12-15,17-18H2,1-2H3,(H,24,27). The molecule has 0 aliphatic carbocycles. The maximum Gasteiger partial charge on any atom is 0.251 e. The van der Waals surface area contributed by atoms with Gasteiger partial charge in [0.2, 0.25) is 0 Å². The second kappa shape index (κ2) is 9.67. The molecule has 0 saturated carbocycles. The molecule has 2 aromatic rings. The van der Waals surface area contributed by atoms with E-state index in [1.807, 2.05) is 25.1 Å². The van der Waals surface area contributed by atoms with Crippen molar-refractivity contribution in [1.29, 1.82) is 0 Å². The first kappa shape index (κ1) is 19.6. The molecule has 2 aromatic carbocycles. The van der Waals surface area contributed by atoms with E-state index in [0.29, 0.717) is 0 Å². The van der Waals surface area contributed by atoms with Gasteiger partial charge in [-0.25, -0.2) is 0 Å². The van der Waals surface area contributed by atoms with Crippen LogP contribution >= 0.6 is 0 Å². The third-order valence-corrected chi connectivity index (χ3v) is 5.30. The topological polar surface area (TPSA) is 35.6 Å². The summed E-state index contributed by atoms with van der Waals surface area (Å²) in [6, 6.07) is 18.9. The monoisotopic (exact) mass is 365 g/mol. The molecule has 1 heterocycles. The Bertz CT molecular complexity index is 723. The van der Waals surface area contributed by atoms with Crippen LogP contribution in [0.4, 0.5) is 0 Å². The first-order chi connectivity index (χ1) is 13.1. The van der Waals surface area contributed by atoms with Crippen molar-refractivity contribution in [2.24, 2.45) is 0 Å². The second-order valence-corrected chi connectivity index (χ2v) is 7.52. The average Bonchev–Trinajstić information content (AvgIpc) is 2.70. The van der Waals surface area contributed by atoms with Gasteiger partial charge in [0.25, 0.3) is 5.91 Å². The van der Waals surface area contributed by atoms with Gasteiger partial charge in [0.15, 0.2) is 0 Å². The summed E-state index contributed by atoms with van der Waals surface area (Å²) in [4.78, 5) is 17.3. The van der Waals surface area contributed by atoms with Gasteiger partial charge in [-0.15, -0.1) is 0 Å². The minimum absolute atomic E-state index is 0.0267. The minimum Gasteiger partial charge on any atom is -0.350 e. The van der Waals surface area contributed by atoms with Crippen LogP contribution in [0.15, 0.2) is 54.6 Å². The van der Waals surface area contributed by atoms with Crippen LogP contribution in [0.5, 0.6) is 0 Å². The highest BCUT2D eigenvalue weighted by Crippen LogP contribution is 2.13. The Morgan fingerprint density at radius 3 is 2.15 bits per heavy atom. The molecule has 3 rings (SSSR count). The number of piperazine rings is 1. The van der Waals surface area contributed by atoms with Crippen molar-refractivity contribution in [2.75, 3.05) is 26.2 Å². The van der Waals surface area contributed by atoms with E-state index in [1.54, 1.807) is 0 Å². The zero-order valence-corrected chi connectivity index (χ0v) is 16.5. The lowest BCUT2D eigenvalue weighted by atomic mass is 10.1.